The van der Waals surface area contributed by atoms with E-state index in [1.54, 1.807) is 24.3 Å². The third-order valence-corrected chi connectivity index (χ3v) is 5.70. The van der Waals surface area contributed by atoms with Crippen molar-refractivity contribution in [2.45, 2.75) is 6.92 Å². The van der Waals surface area contributed by atoms with E-state index < -0.39 is 4.92 Å². The van der Waals surface area contributed by atoms with Crippen LogP contribution in [0.4, 0.5) is 17.2 Å². The zero-order chi connectivity index (χ0) is 23.4. The summed E-state index contributed by atoms with van der Waals surface area (Å²) in [5.74, 6) is 1.11. The lowest BCUT2D eigenvalue weighted by Gasteiger charge is -2.35. The number of hydrogen-bond donors (Lipinski definition) is 1. The molecule has 0 spiro atoms. The molecule has 1 aliphatic rings. The number of nitrogens with one attached hydrogen (secondary N) is 1. The van der Waals surface area contributed by atoms with Gasteiger partial charge in [-0.2, -0.15) is 0 Å². The van der Waals surface area contributed by atoms with E-state index in [1.807, 2.05) is 25.1 Å². The molecule has 0 bridgehead atoms. The van der Waals surface area contributed by atoms with Crippen molar-refractivity contribution in [3.63, 3.8) is 0 Å². The molecule has 1 N–H and O–H groups in total. The maximum atomic E-state index is 12.4. The molecule has 170 valence electrons. The first-order valence-corrected chi connectivity index (χ1v) is 10.9. The number of amides is 1. The summed E-state index contributed by atoms with van der Waals surface area (Å²) in [6, 6.07) is 15.4. The Hall–Kier alpha value is -3.56. The summed E-state index contributed by atoms with van der Waals surface area (Å²) in [7, 11) is 0. The highest BCUT2D eigenvalue weighted by molar-refractivity contribution is 6.33. The molecule has 2 heterocycles. The van der Waals surface area contributed by atoms with Crippen LogP contribution in [-0.2, 0) is 4.79 Å². The van der Waals surface area contributed by atoms with Gasteiger partial charge in [-0.15, -0.1) is 0 Å². The van der Waals surface area contributed by atoms with Gasteiger partial charge in [0.2, 0.25) is 5.91 Å². The highest BCUT2D eigenvalue weighted by Crippen LogP contribution is 2.24. The predicted octanol–water partition coefficient (Wildman–Crippen LogP) is 3.77. The molecule has 0 atom stereocenters. The maximum Gasteiger partial charge on any atom is 0.270 e. The molecule has 1 fully saturated rings. The van der Waals surface area contributed by atoms with Crippen molar-refractivity contribution in [2.75, 3.05) is 42.9 Å². The number of nitro benzene ring substituents is 1. The van der Waals surface area contributed by atoms with Gasteiger partial charge in [-0.1, -0.05) is 35.9 Å². The van der Waals surface area contributed by atoms with E-state index in [1.165, 1.54) is 12.1 Å². The number of carbonyl (C=O) groups is 1. The number of carbonyl (C=O) groups excluding carboxylic acids is 1. The molecule has 33 heavy (non-hydrogen) atoms. The summed E-state index contributed by atoms with van der Waals surface area (Å²) >= 11 is 6.11. The Balaban J connectivity index is 1.40. The van der Waals surface area contributed by atoms with Crippen molar-refractivity contribution >= 4 is 34.7 Å². The number of halogens is 1. The zero-order valence-corrected chi connectivity index (χ0v) is 18.8. The van der Waals surface area contributed by atoms with Gasteiger partial charge in [0.25, 0.3) is 5.69 Å². The largest absolute Gasteiger partial charge is 0.354 e. The molecule has 0 saturated carbocycles. The van der Waals surface area contributed by atoms with Crippen LogP contribution in [0.15, 0.2) is 54.6 Å². The van der Waals surface area contributed by atoms with Crippen LogP contribution < -0.4 is 10.2 Å². The molecule has 9 nitrogen and oxygen atoms in total. The second-order valence-electron chi connectivity index (χ2n) is 7.79. The van der Waals surface area contributed by atoms with Crippen molar-refractivity contribution < 1.29 is 9.72 Å². The molecule has 2 aromatic carbocycles. The summed E-state index contributed by atoms with van der Waals surface area (Å²) in [4.78, 5) is 36.4. The van der Waals surface area contributed by atoms with E-state index in [0.29, 0.717) is 48.3 Å². The van der Waals surface area contributed by atoms with Gasteiger partial charge in [-0.25, -0.2) is 9.97 Å². The number of aryl methyl sites for hydroxylation is 1. The molecule has 4 rings (SSSR count). The Kier molecular flexibility index (Phi) is 6.81. The van der Waals surface area contributed by atoms with E-state index in [-0.39, 0.29) is 18.1 Å². The van der Waals surface area contributed by atoms with E-state index in [4.69, 9.17) is 11.6 Å². The topological polar surface area (TPSA) is 104 Å². The number of nitrogens with zero attached hydrogens (tertiary/aromatic N) is 5. The van der Waals surface area contributed by atoms with Crippen LogP contribution in [0, 0.1) is 17.0 Å². The molecule has 1 amide bonds. The molecule has 0 unspecified atom stereocenters. The van der Waals surface area contributed by atoms with E-state index in [9.17, 15) is 14.9 Å². The first-order chi connectivity index (χ1) is 15.9. The first kappa shape index (κ1) is 22.6. The molecule has 1 aromatic heterocycles. The molecule has 1 aliphatic heterocycles. The molecule has 3 aromatic rings. The summed E-state index contributed by atoms with van der Waals surface area (Å²) < 4.78 is 0. The van der Waals surface area contributed by atoms with Crippen LogP contribution in [0.25, 0.3) is 11.4 Å². The third-order valence-electron chi connectivity index (χ3n) is 5.37. The van der Waals surface area contributed by atoms with Gasteiger partial charge in [-0.3, -0.25) is 19.8 Å². The fourth-order valence-corrected chi connectivity index (χ4v) is 3.88. The van der Waals surface area contributed by atoms with E-state index in [2.05, 4.69) is 25.1 Å². The number of benzene rings is 2. The van der Waals surface area contributed by atoms with Gasteiger partial charge < -0.3 is 10.2 Å². The van der Waals surface area contributed by atoms with Gasteiger partial charge in [0.15, 0.2) is 5.82 Å². The fourth-order valence-electron chi connectivity index (χ4n) is 3.69. The number of aromatic nitrogens is 2. The minimum absolute atomic E-state index is 0.00263. The zero-order valence-electron chi connectivity index (χ0n) is 18.1. The van der Waals surface area contributed by atoms with Crippen LogP contribution in [-0.4, -0.2) is 58.4 Å². The average Bonchev–Trinajstić information content (AvgIpc) is 2.81. The van der Waals surface area contributed by atoms with Gasteiger partial charge in [0.05, 0.1) is 22.2 Å². The second kappa shape index (κ2) is 9.93. The molecule has 1 saturated heterocycles. The minimum atomic E-state index is -0.429. The summed E-state index contributed by atoms with van der Waals surface area (Å²) in [5.41, 5.74) is 1.99. The molecule has 0 aliphatic carbocycles. The van der Waals surface area contributed by atoms with Gasteiger partial charge >= 0.3 is 0 Å². The van der Waals surface area contributed by atoms with Crippen molar-refractivity contribution in [2.24, 2.45) is 0 Å². The van der Waals surface area contributed by atoms with Crippen molar-refractivity contribution in [1.29, 1.82) is 0 Å². The summed E-state index contributed by atoms with van der Waals surface area (Å²) in [6.45, 7) is 4.95. The first-order valence-electron chi connectivity index (χ1n) is 10.5. The Labute approximate surface area is 196 Å². The lowest BCUT2D eigenvalue weighted by Crippen LogP contribution is -2.49. The predicted molar refractivity (Wildman–Crippen MR) is 128 cm³/mol. The van der Waals surface area contributed by atoms with Crippen LogP contribution in [0.1, 0.15) is 5.69 Å². The quantitative estimate of drug-likeness (QED) is 0.435. The van der Waals surface area contributed by atoms with Crippen molar-refractivity contribution in [3.8, 4) is 11.4 Å². The van der Waals surface area contributed by atoms with Gasteiger partial charge in [-0.05, 0) is 19.1 Å². The summed E-state index contributed by atoms with van der Waals surface area (Å²) in [5, 5.41) is 14.5. The normalized spacial score (nSPS) is 14.2. The number of piperazine rings is 1. The number of non-ortho nitro benzene ring substituents is 1. The van der Waals surface area contributed by atoms with Gasteiger partial charge in [0, 0.05) is 55.6 Å². The second-order valence-corrected chi connectivity index (χ2v) is 8.20. The molecular formula is C23H23ClN6O3. The smallest absolute Gasteiger partial charge is 0.270 e. The third kappa shape index (κ3) is 5.63. The lowest BCUT2D eigenvalue weighted by molar-refractivity contribution is -0.384. The standard InChI is InChI=1S/C23H23ClN6O3/c1-16-13-21(27-23(25-16)17-5-4-6-18(14-17)30(32)33)29-11-9-28(10-12-29)15-22(31)26-20-8-3-2-7-19(20)24/h2-8,13-14H,9-12,15H2,1H3,(H,26,31). The Bertz CT molecular complexity index is 1180. The van der Waals surface area contributed by atoms with Crippen LogP contribution >= 0.6 is 11.6 Å². The molecule has 10 heteroatoms. The lowest BCUT2D eigenvalue weighted by atomic mass is 10.2. The number of nitro groups is 1. The maximum absolute atomic E-state index is 12.4. The molecule has 0 radical (unpaired) electrons. The van der Waals surface area contributed by atoms with Crippen LogP contribution in [0.5, 0.6) is 0 Å². The number of para-hydroxylation sites is 1. The fraction of sp³-hybridized carbons (Fsp3) is 0.261. The number of anilines is 2. The van der Waals surface area contributed by atoms with Crippen molar-refractivity contribution in [1.82, 2.24) is 14.9 Å². The highest BCUT2D eigenvalue weighted by atomic mass is 35.5. The minimum Gasteiger partial charge on any atom is -0.354 e. The highest BCUT2D eigenvalue weighted by Gasteiger charge is 2.21. The summed E-state index contributed by atoms with van der Waals surface area (Å²) in [6.07, 6.45) is 0. The average molecular weight is 467 g/mol. The molecular weight excluding hydrogens is 444 g/mol. The number of hydrogen-bond acceptors (Lipinski definition) is 7. The monoisotopic (exact) mass is 466 g/mol. The van der Waals surface area contributed by atoms with E-state index >= 15 is 0 Å². The Morgan fingerprint density at radius 2 is 1.85 bits per heavy atom. The van der Waals surface area contributed by atoms with Crippen molar-refractivity contribution in [3.05, 3.63) is 75.4 Å². The Morgan fingerprint density at radius 3 is 2.58 bits per heavy atom. The number of rotatable bonds is 6. The van der Waals surface area contributed by atoms with Crippen LogP contribution in [0.3, 0.4) is 0 Å². The van der Waals surface area contributed by atoms with Crippen LogP contribution in [0.2, 0.25) is 5.02 Å². The van der Waals surface area contributed by atoms with Gasteiger partial charge in [0.1, 0.15) is 5.82 Å². The SMILES string of the molecule is Cc1cc(N2CCN(CC(=O)Nc3ccccc3Cl)CC2)nc(-c2cccc([N+](=O)[O-])c2)n1. The Morgan fingerprint density at radius 1 is 1.09 bits per heavy atom. The van der Waals surface area contributed by atoms with E-state index in [0.717, 1.165) is 11.5 Å².